The smallest absolute Gasteiger partial charge is 0.251 e. The van der Waals surface area contributed by atoms with Crippen LogP contribution in [0.2, 0.25) is 5.02 Å². The van der Waals surface area contributed by atoms with Gasteiger partial charge in [-0.15, -0.1) is 11.3 Å². The number of rotatable bonds is 25. The fourth-order valence-electron chi connectivity index (χ4n) is 7.16. The predicted molar refractivity (Wildman–Crippen MR) is 266 cm³/mol. The summed E-state index contributed by atoms with van der Waals surface area (Å²) in [5.74, 6) is -0.759. The Morgan fingerprint density at radius 2 is 1.70 bits per heavy atom. The summed E-state index contributed by atoms with van der Waals surface area (Å²) in [6.07, 6.45) is 3.97. The normalized spacial score (nSPS) is 13.2. The topological polar surface area (TPSA) is 192 Å². The zero-order chi connectivity index (χ0) is 48.3. The molecule has 356 valence electrons. The fraction of sp³-hybridized carbons (Fsp3) is 0.412. The summed E-state index contributed by atoms with van der Waals surface area (Å²) >= 11 is 7.89. The molecule has 2 aromatic heterocycles. The number of halogens is 1. The molecule has 14 nitrogen and oxygen atoms in total. The molecule has 0 saturated carbocycles. The minimum absolute atomic E-state index is 0.0256. The molecule has 5 N–H and O–H groups in total. The number of aryl methyl sites for hydroxylation is 1. The van der Waals surface area contributed by atoms with Gasteiger partial charge in [0.15, 0.2) is 0 Å². The number of hydrogen-bond acceptors (Lipinski definition) is 11. The number of nitriles is 1. The van der Waals surface area contributed by atoms with Crippen molar-refractivity contribution in [1.29, 1.82) is 5.26 Å². The summed E-state index contributed by atoms with van der Waals surface area (Å²) in [5, 5.41) is 43.0. The van der Waals surface area contributed by atoms with E-state index in [0.29, 0.717) is 35.2 Å². The number of carbonyl (C=O) groups is 3. The molecule has 2 heterocycles. The van der Waals surface area contributed by atoms with Crippen molar-refractivity contribution in [2.45, 2.75) is 98.4 Å². The van der Waals surface area contributed by atoms with Crippen molar-refractivity contribution in [2.24, 2.45) is 17.0 Å². The van der Waals surface area contributed by atoms with Crippen molar-refractivity contribution < 1.29 is 29.1 Å². The monoisotopic (exact) mass is 950 g/mol. The minimum Gasteiger partial charge on any atom is -0.479 e. The fourth-order valence-corrected chi connectivity index (χ4v) is 8.31. The third kappa shape index (κ3) is 16.6. The standard InChI is InChI=1S/C51H63ClN8O6S/c1-33(2)45(51(64)55-30-44(61)20-21-48(62)57-36(5)38-10-12-39(13-11-38)49-34(3)23-27-67-49)32-66-59-37(6)65-26-9-7-8-24-54-43-18-16-40(17-19-43)50(63)56-35(4)31-60-25-22-47(58-60)41-14-15-42(29-53)46(52)28-41/h10-19,22-23,25,27-28,33,35-36,44-45,54,61H,7-9,20-21,24,26,30-32H2,1-6H3,(H,55,64)(H,56,63)(H,57,62)/b59-37+/t35-,36-,44+,45?/m0/s1. The van der Waals surface area contributed by atoms with Gasteiger partial charge in [-0.25, -0.2) is 0 Å². The Morgan fingerprint density at radius 1 is 0.955 bits per heavy atom. The van der Waals surface area contributed by atoms with Gasteiger partial charge in [0.05, 0.1) is 47.5 Å². The largest absolute Gasteiger partial charge is 0.479 e. The maximum Gasteiger partial charge on any atom is 0.251 e. The quantitative estimate of drug-likeness (QED) is 0.0164. The molecule has 0 aliphatic rings. The highest BCUT2D eigenvalue weighted by atomic mass is 35.5. The Hall–Kier alpha value is -6.21. The van der Waals surface area contributed by atoms with Gasteiger partial charge in [-0.2, -0.15) is 10.4 Å². The highest BCUT2D eigenvalue weighted by Gasteiger charge is 2.24. The van der Waals surface area contributed by atoms with Gasteiger partial charge in [-0.1, -0.05) is 60.9 Å². The molecule has 0 spiro atoms. The summed E-state index contributed by atoms with van der Waals surface area (Å²) in [5.41, 5.74) is 6.82. The van der Waals surface area contributed by atoms with Crippen LogP contribution in [0.4, 0.5) is 5.69 Å². The lowest BCUT2D eigenvalue weighted by Crippen LogP contribution is -2.40. The van der Waals surface area contributed by atoms with Crippen LogP contribution in [0, 0.1) is 30.1 Å². The number of ether oxygens (including phenoxy) is 1. The molecule has 0 bridgehead atoms. The zero-order valence-electron chi connectivity index (χ0n) is 39.2. The van der Waals surface area contributed by atoms with E-state index < -0.39 is 12.0 Å². The van der Waals surface area contributed by atoms with Crippen LogP contribution in [0.1, 0.15) is 99.8 Å². The summed E-state index contributed by atoms with van der Waals surface area (Å²) in [6, 6.07) is 26.4. The Kier molecular flexibility index (Phi) is 20.3. The third-order valence-corrected chi connectivity index (χ3v) is 12.6. The van der Waals surface area contributed by atoms with Crippen LogP contribution in [0.3, 0.4) is 0 Å². The second-order valence-corrected chi connectivity index (χ2v) is 18.4. The van der Waals surface area contributed by atoms with Gasteiger partial charge in [-0.05, 0) is 123 Å². The van der Waals surface area contributed by atoms with Crippen molar-refractivity contribution in [3.63, 3.8) is 0 Å². The average Bonchev–Trinajstić information content (AvgIpc) is 3.97. The average molecular weight is 952 g/mol. The van der Waals surface area contributed by atoms with Crippen molar-refractivity contribution in [3.8, 4) is 27.8 Å². The van der Waals surface area contributed by atoms with E-state index in [1.165, 1.54) is 10.4 Å². The van der Waals surface area contributed by atoms with Crippen molar-refractivity contribution in [1.82, 2.24) is 25.7 Å². The first-order valence-corrected chi connectivity index (χ1v) is 24.0. The molecule has 0 aliphatic heterocycles. The molecule has 5 rings (SSSR count). The molecule has 4 atom stereocenters. The van der Waals surface area contributed by atoms with Crippen LogP contribution in [0.15, 0.2) is 95.6 Å². The molecule has 16 heteroatoms. The molecular formula is C51H63ClN8O6S. The number of nitrogens with one attached hydrogen (secondary N) is 4. The molecule has 3 aromatic carbocycles. The molecular weight excluding hydrogens is 888 g/mol. The number of aliphatic hydroxyl groups is 1. The Labute approximate surface area is 403 Å². The number of aliphatic hydroxyl groups excluding tert-OH is 1. The number of hydrogen-bond donors (Lipinski definition) is 5. The molecule has 0 aliphatic carbocycles. The predicted octanol–water partition coefficient (Wildman–Crippen LogP) is 9.29. The van der Waals surface area contributed by atoms with Gasteiger partial charge in [0.25, 0.3) is 5.91 Å². The van der Waals surface area contributed by atoms with Crippen molar-refractivity contribution in [3.05, 3.63) is 118 Å². The van der Waals surface area contributed by atoms with Crippen LogP contribution >= 0.6 is 22.9 Å². The van der Waals surface area contributed by atoms with Crippen LogP contribution in [0.5, 0.6) is 0 Å². The number of carbonyl (C=O) groups excluding carboxylic acids is 3. The van der Waals surface area contributed by atoms with Gasteiger partial charge >= 0.3 is 0 Å². The van der Waals surface area contributed by atoms with Crippen LogP contribution in [-0.4, -0.2) is 77.0 Å². The number of unbranched alkanes of at least 4 members (excludes halogenated alkanes) is 2. The maximum atomic E-state index is 13.0. The lowest BCUT2D eigenvalue weighted by molar-refractivity contribution is -0.129. The number of amides is 3. The van der Waals surface area contributed by atoms with E-state index in [0.717, 1.165) is 53.9 Å². The molecule has 0 radical (unpaired) electrons. The van der Waals surface area contributed by atoms with Gasteiger partial charge in [0, 0.05) is 60.4 Å². The van der Waals surface area contributed by atoms with E-state index >= 15 is 0 Å². The van der Waals surface area contributed by atoms with Gasteiger partial charge in [-0.3, -0.25) is 19.1 Å². The van der Waals surface area contributed by atoms with E-state index in [1.807, 2.05) is 70.3 Å². The van der Waals surface area contributed by atoms with Gasteiger partial charge in [0.2, 0.25) is 17.7 Å². The van der Waals surface area contributed by atoms with Gasteiger partial charge < -0.3 is 35.9 Å². The maximum absolute atomic E-state index is 13.0. The first-order chi connectivity index (χ1) is 32.2. The van der Waals surface area contributed by atoms with E-state index in [4.69, 9.17) is 26.4 Å². The number of oxime groups is 1. The number of anilines is 1. The second kappa shape index (κ2) is 26.2. The lowest BCUT2D eigenvalue weighted by Gasteiger charge is -2.20. The highest BCUT2D eigenvalue weighted by Crippen LogP contribution is 2.30. The van der Waals surface area contributed by atoms with Crippen molar-refractivity contribution in [2.75, 3.05) is 31.6 Å². The molecule has 0 fully saturated rings. The lowest BCUT2D eigenvalue weighted by atomic mass is 9.96. The summed E-state index contributed by atoms with van der Waals surface area (Å²) in [7, 11) is 0. The Bertz CT molecular complexity index is 2450. The van der Waals surface area contributed by atoms with Gasteiger partial charge in [0.1, 0.15) is 12.7 Å². The van der Waals surface area contributed by atoms with E-state index in [9.17, 15) is 19.5 Å². The van der Waals surface area contributed by atoms with E-state index in [1.54, 1.807) is 47.2 Å². The van der Waals surface area contributed by atoms with E-state index in [2.05, 4.69) is 68.1 Å². The summed E-state index contributed by atoms with van der Waals surface area (Å²) < 4.78 is 7.48. The summed E-state index contributed by atoms with van der Waals surface area (Å²) in [4.78, 5) is 45.3. The zero-order valence-corrected chi connectivity index (χ0v) is 40.8. The molecule has 5 aromatic rings. The number of thiophene rings is 1. The molecule has 1 unspecified atom stereocenters. The number of benzene rings is 3. The van der Waals surface area contributed by atoms with Crippen molar-refractivity contribution >= 4 is 52.2 Å². The molecule has 3 amide bonds. The number of nitrogens with zero attached hydrogens (tertiary/aromatic N) is 4. The van der Waals surface area contributed by atoms with E-state index in [-0.39, 0.29) is 61.7 Å². The molecule has 0 saturated heterocycles. The Balaban J connectivity index is 0.896. The SMILES string of the molecule is C/C(=N\OCC(C(=O)NC[C@H](O)CCC(=O)N[C@@H](C)c1ccc(-c2sccc2C)cc1)C(C)C)OCCCCCNc1ccc(C(=O)N[C@@H](C)Cn2ccc(-c3ccc(C#N)c(Cl)c3)n2)cc1. The highest BCUT2D eigenvalue weighted by molar-refractivity contribution is 7.13. The minimum atomic E-state index is -0.876. The summed E-state index contributed by atoms with van der Waals surface area (Å²) in [6.45, 7) is 13.3. The van der Waals surface area contributed by atoms with Crippen LogP contribution in [-0.2, 0) is 25.7 Å². The van der Waals surface area contributed by atoms with Crippen LogP contribution in [0.25, 0.3) is 21.7 Å². The number of aromatic nitrogens is 2. The Morgan fingerprint density at radius 3 is 2.39 bits per heavy atom. The first kappa shape index (κ1) is 51.8. The third-order valence-electron chi connectivity index (χ3n) is 11.2. The first-order valence-electron chi connectivity index (χ1n) is 22.8. The second-order valence-electron chi connectivity index (χ2n) is 17.1. The molecule has 67 heavy (non-hydrogen) atoms. The van der Waals surface area contributed by atoms with Crippen LogP contribution < -0.4 is 21.3 Å².